The van der Waals surface area contributed by atoms with Crippen LogP contribution in [0.1, 0.15) is 78.4 Å². The van der Waals surface area contributed by atoms with Gasteiger partial charge in [-0.1, -0.05) is 92.9 Å². The molecule has 0 bridgehead atoms. The van der Waals surface area contributed by atoms with Crippen LogP contribution in [0.5, 0.6) is 0 Å². The van der Waals surface area contributed by atoms with Crippen LogP contribution in [-0.2, 0) is 10.8 Å². The Morgan fingerprint density at radius 2 is 1.56 bits per heavy atom. The molecule has 0 radical (unpaired) electrons. The molecule has 2 aliphatic rings. The molecule has 2 aromatic rings. The van der Waals surface area contributed by atoms with Crippen LogP contribution >= 0.6 is 15.9 Å². The molecule has 2 aliphatic heterocycles. The van der Waals surface area contributed by atoms with Gasteiger partial charge in [-0.25, -0.2) is 0 Å². The van der Waals surface area contributed by atoms with Crippen molar-refractivity contribution in [3.05, 3.63) is 94.1 Å². The Balaban J connectivity index is 1.66. The predicted octanol–water partition coefficient (Wildman–Crippen LogP) is 9.18. The lowest BCUT2D eigenvalue weighted by Crippen LogP contribution is -2.28. The second-order valence-electron chi connectivity index (χ2n) is 11.1. The number of para-hydroxylation sites is 2. The van der Waals surface area contributed by atoms with Gasteiger partial charge < -0.3 is 4.90 Å². The number of nitrogens with zero attached hydrogens (tertiary/aromatic N) is 2. The normalized spacial score (nSPS) is 19.5. The highest BCUT2D eigenvalue weighted by Crippen LogP contribution is 2.47. The second kappa shape index (κ2) is 10.9. The zero-order chi connectivity index (χ0) is 25.9. The second-order valence-corrected chi connectivity index (χ2v) is 12.0. The summed E-state index contributed by atoms with van der Waals surface area (Å²) in [6.45, 7) is 16.0. The number of fused-ring (bicyclic) bond motifs is 2. The number of hydrogen-bond donors (Lipinski definition) is 0. The van der Waals surface area contributed by atoms with Crippen LogP contribution in [-0.4, -0.2) is 23.4 Å². The van der Waals surface area contributed by atoms with E-state index in [1.54, 1.807) is 0 Å². The van der Waals surface area contributed by atoms with Crippen molar-refractivity contribution in [1.29, 1.82) is 0 Å². The van der Waals surface area contributed by atoms with E-state index in [0.717, 1.165) is 17.6 Å². The maximum atomic E-state index is 3.86. The van der Waals surface area contributed by atoms with Crippen molar-refractivity contribution in [2.45, 2.75) is 78.1 Å². The molecule has 2 nitrogen and oxygen atoms in total. The number of rotatable bonds is 9. The first-order valence-electron chi connectivity index (χ1n) is 13.6. The SMILES string of the molecule is CCCCN1/C(=C/C=C(Br)/C=C/C2=[N+](CCCC)c3ccccc3C2(C)C)C(C)(C)c2ccccc21. The highest BCUT2D eigenvalue weighted by atomic mass is 79.9. The van der Waals surface area contributed by atoms with Crippen LogP contribution < -0.4 is 4.90 Å². The topological polar surface area (TPSA) is 6.25 Å². The summed E-state index contributed by atoms with van der Waals surface area (Å²) in [6.07, 6.45) is 13.9. The number of allylic oxidation sites excluding steroid dienone is 6. The Labute approximate surface area is 227 Å². The van der Waals surface area contributed by atoms with E-state index < -0.39 is 0 Å². The van der Waals surface area contributed by atoms with Gasteiger partial charge in [-0.2, -0.15) is 4.58 Å². The molecule has 0 fully saturated rings. The van der Waals surface area contributed by atoms with Crippen molar-refractivity contribution in [3.63, 3.8) is 0 Å². The van der Waals surface area contributed by atoms with Gasteiger partial charge in [0.1, 0.15) is 6.54 Å². The Morgan fingerprint density at radius 1 is 0.889 bits per heavy atom. The molecule has 0 saturated carbocycles. The molecule has 0 amide bonds. The summed E-state index contributed by atoms with van der Waals surface area (Å²) < 4.78 is 3.61. The lowest BCUT2D eigenvalue weighted by Gasteiger charge is -2.27. The van der Waals surface area contributed by atoms with E-state index in [2.05, 4.69) is 140 Å². The lowest BCUT2D eigenvalue weighted by atomic mass is 9.81. The van der Waals surface area contributed by atoms with E-state index >= 15 is 0 Å². The first-order valence-corrected chi connectivity index (χ1v) is 14.4. The minimum absolute atomic E-state index is 0.0153. The first kappa shape index (κ1) is 26.7. The highest BCUT2D eigenvalue weighted by Gasteiger charge is 2.44. The number of halogens is 1. The minimum Gasteiger partial charge on any atom is -0.344 e. The van der Waals surface area contributed by atoms with Crippen molar-refractivity contribution < 1.29 is 4.58 Å². The van der Waals surface area contributed by atoms with Gasteiger partial charge in [-0.05, 0) is 50.1 Å². The van der Waals surface area contributed by atoms with Crippen LogP contribution in [0.2, 0.25) is 0 Å². The monoisotopic (exact) mass is 545 g/mol. The standard InChI is InChI=1S/C33H42BrN2/c1-7-9-23-35-28-17-13-11-15-26(28)32(3,4)30(35)21-19-25(34)20-22-31-33(5,6)27-16-12-14-18-29(27)36(31)24-10-8-2/h11-22H,7-10,23-24H2,1-6H3/q+1. The molecule has 4 rings (SSSR count). The fourth-order valence-electron chi connectivity index (χ4n) is 5.77. The quantitative estimate of drug-likeness (QED) is 0.225. The lowest BCUT2D eigenvalue weighted by molar-refractivity contribution is -0.438. The molecule has 0 spiro atoms. The number of benzene rings is 2. The molecule has 190 valence electrons. The van der Waals surface area contributed by atoms with Gasteiger partial charge in [0.15, 0.2) is 5.71 Å². The average molecular weight is 547 g/mol. The van der Waals surface area contributed by atoms with Gasteiger partial charge in [0, 0.05) is 52.0 Å². The largest absolute Gasteiger partial charge is 0.344 e. The maximum absolute atomic E-state index is 3.86. The molecular formula is C33H42BrN2+. The van der Waals surface area contributed by atoms with E-state index in [-0.39, 0.29) is 10.8 Å². The number of anilines is 1. The molecule has 36 heavy (non-hydrogen) atoms. The van der Waals surface area contributed by atoms with Crippen molar-refractivity contribution in [2.24, 2.45) is 0 Å². The molecule has 0 saturated heterocycles. The van der Waals surface area contributed by atoms with E-state index in [4.69, 9.17) is 0 Å². The van der Waals surface area contributed by atoms with Crippen LogP contribution in [0.4, 0.5) is 11.4 Å². The van der Waals surface area contributed by atoms with E-state index in [9.17, 15) is 0 Å². The van der Waals surface area contributed by atoms with Crippen molar-refractivity contribution in [2.75, 3.05) is 18.0 Å². The molecule has 2 heterocycles. The third-order valence-corrected chi connectivity index (χ3v) is 8.40. The zero-order valence-corrected chi connectivity index (χ0v) is 24.5. The molecular weight excluding hydrogens is 504 g/mol. The Kier molecular flexibility index (Phi) is 8.09. The molecule has 0 unspecified atom stereocenters. The summed E-state index contributed by atoms with van der Waals surface area (Å²) in [4.78, 5) is 2.53. The van der Waals surface area contributed by atoms with E-state index in [0.29, 0.717) is 0 Å². The van der Waals surface area contributed by atoms with E-state index in [1.807, 2.05) is 0 Å². The molecule has 0 atom stereocenters. The summed E-state index contributed by atoms with van der Waals surface area (Å²) in [7, 11) is 0. The van der Waals surface area contributed by atoms with Gasteiger partial charge in [-0.3, -0.25) is 0 Å². The van der Waals surface area contributed by atoms with Crippen molar-refractivity contribution in [1.82, 2.24) is 0 Å². The predicted molar refractivity (Wildman–Crippen MR) is 160 cm³/mol. The fourth-order valence-corrected chi connectivity index (χ4v) is 6.03. The van der Waals surface area contributed by atoms with Crippen molar-refractivity contribution >= 4 is 33.0 Å². The molecule has 0 N–H and O–H groups in total. The Bertz CT molecular complexity index is 1230. The summed E-state index contributed by atoms with van der Waals surface area (Å²) in [5.74, 6) is 0. The van der Waals surface area contributed by atoms with Crippen LogP contribution in [0.25, 0.3) is 0 Å². The van der Waals surface area contributed by atoms with Gasteiger partial charge in [-0.15, -0.1) is 0 Å². The third-order valence-electron chi connectivity index (χ3n) is 7.87. The van der Waals surface area contributed by atoms with Gasteiger partial charge >= 0.3 is 0 Å². The van der Waals surface area contributed by atoms with Gasteiger partial charge in [0.2, 0.25) is 5.69 Å². The summed E-state index contributed by atoms with van der Waals surface area (Å²) >= 11 is 3.86. The summed E-state index contributed by atoms with van der Waals surface area (Å²) in [6, 6.07) is 17.8. The van der Waals surface area contributed by atoms with Crippen molar-refractivity contribution in [3.8, 4) is 0 Å². The molecule has 0 aromatic heterocycles. The minimum atomic E-state index is -0.0153. The van der Waals surface area contributed by atoms with E-state index in [1.165, 1.54) is 59.6 Å². The molecule has 2 aromatic carbocycles. The fraction of sp³-hybridized carbons (Fsp3) is 0.424. The van der Waals surface area contributed by atoms with Gasteiger partial charge in [0.05, 0.1) is 5.41 Å². The van der Waals surface area contributed by atoms with Crippen LogP contribution in [0.3, 0.4) is 0 Å². The molecule has 3 heteroatoms. The number of hydrogen-bond acceptors (Lipinski definition) is 1. The Morgan fingerprint density at radius 3 is 2.28 bits per heavy atom. The summed E-state index contributed by atoms with van der Waals surface area (Å²) in [5.41, 5.74) is 8.25. The third kappa shape index (κ3) is 4.92. The highest BCUT2D eigenvalue weighted by molar-refractivity contribution is 9.11. The zero-order valence-electron chi connectivity index (χ0n) is 22.9. The van der Waals surface area contributed by atoms with Gasteiger partial charge in [0.25, 0.3) is 0 Å². The average Bonchev–Trinajstić information content (AvgIpc) is 3.22. The Hall–Kier alpha value is -2.39. The summed E-state index contributed by atoms with van der Waals surface area (Å²) in [5, 5.41) is 0. The first-order chi connectivity index (χ1) is 17.2. The van der Waals surface area contributed by atoms with Crippen LogP contribution in [0.15, 0.2) is 83.0 Å². The molecule has 0 aliphatic carbocycles. The number of unbranched alkanes of at least 4 members (excludes halogenated alkanes) is 2. The maximum Gasteiger partial charge on any atom is 0.209 e. The smallest absolute Gasteiger partial charge is 0.209 e. The van der Waals surface area contributed by atoms with Crippen LogP contribution in [0, 0.1) is 0 Å².